The number of hydrogen-bond donors (Lipinski definition) is 0. The van der Waals surface area contributed by atoms with Crippen molar-refractivity contribution in [3.8, 4) is 11.8 Å². The number of benzene rings is 1. The molecule has 0 aliphatic heterocycles. The maximum Gasteiger partial charge on any atom is 0.122 e. The highest BCUT2D eigenvalue weighted by Gasteiger charge is 2.11. The first-order valence-corrected chi connectivity index (χ1v) is 6.72. The van der Waals surface area contributed by atoms with Crippen LogP contribution in [0.2, 0.25) is 0 Å². The first kappa shape index (κ1) is 15.5. The molecule has 0 N–H and O–H groups in total. The average molecular weight is 260 g/mol. The van der Waals surface area contributed by atoms with Crippen molar-refractivity contribution >= 4 is 0 Å². The molecule has 0 aromatic heterocycles. The molecule has 0 saturated heterocycles. The summed E-state index contributed by atoms with van der Waals surface area (Å²) >= 11 is 0. The second-order valence-corrected chi connectivity index (χ2v) is 5.32. The van der Waals surface area contributed by atoms with E-state index >= 15 is 0 Å². The van der Waals surface area contributed by atoms with E-state index in [0.29, 0.717) is 12.5 Å². The monoisotopic (exact) mass is 260 g/mol. The third-order valence-electron chi connectivity index (χ3n) is 3.41. The van der Waals surface area contributed by atoms with E-state index in [-0.39, 0.29) is 0 Å². The van der Waals surface area contributed by atoms with Crippen LogP contribution in [0.5, 0.6) is 5.75 Å². The first-order chi connectivity index (χ1) is 8.99. The first-order valence-electron chi connectivity index (χ1n) is 6.72. The summed E-state index contributed by atoms with van der Waals surface area (Å²) in [6.07, 6.45) is 0.966. The molecule has 0 aliphatic rings. The fourth-order valence-corrected chi connectivity index (χ4v) is 2.15. The minimum Gasteiger partial charge on any atom is -0.496 e. The highest BCUT2D eigenvalue weighted by Crippen LogP contribution is 2.29. The second-order valence-electron chi connectivity index (χ2n) is 5.32. The maximum atomic E-state index is 8.67. The molecule has 0 saturated carbocycles. The molecule has 0 fully saturated rings. The minimum absolute atomic E-state index is 0.450. The lowest BCUT2D eigenvalue weighted by atomic mass is 9.95. The summed E-state index contributed by atoms with van der Waals surface area (Å²) in [6.45, 7) is 7.86. The van der Waals surface area contributed by atoms with Gasteiger partial charge in [-0.15, -0.1) is 0 Å². The van der Waals surface area contributed by atoms with Gasteiger partial charge in [0.1, 0.15) is 5.75 Å². The molecule has 104 valence electrons. The van der Waals surface area contributed by atoms with E-state index in [1.165, 1.54) is 16.7 Å². The number of methoxy groups -OCH3 is 1. The van der Waals surface area contributed by atoms with E-state index in [9.17, 15) is 0 Å². The van der Waals surface area contributed by atoms with Crippen molar-refractivity contribution < 1.29 is 4.74 Å². The Morgan fingerprint density at radius 2 is 2.05 bits per heavy atom. The molecule has 0 spiro atoms. The Bertz CT molecular complexity index is 461. The van der Waals surface area contributed by atoms with Crippen LogP contribution in [0.25, 0.3) is 0 Å². The zero-order chi connectivity index (χ0) is 14.4. The van der Waals surface area contributed by atoms with E-state index in [2.05, 4.69) is 39.0 Å². The van der Waals surface area contributed by atoms with Crippen LogP contribution in [0, 0.1) is 18.3 Å². The molecule has 0 radical (unpaired) electrons. The lowest BCUT2D eigenvalue weighted by Crippen LogP contribution is -2.21. The Hall–Kier alpha value is -1.53. The van der Waals surface area contributed by atoms with Gasteiger partial charge < -0.3 is 4.74 Å². The van der Waals surface area contributed by atoms with E-state index < -0.39 is 0 Å². The summed E-state index contributed by atoms with van der Waals surface area (Å²) in [6, 6.07) is 6.54. The van der Waals surface area contributed by atoms with Crippen LogP contribution in [0.4, 0.5) is 0 Å². The number of nitriles is 1. The molecule has 1 aromatic carbocycles. The molecule has 3 nitrogen and oxygen atoms in total. The lowest BCUT2D eigenvalue weighted by Gasteiger charge is -2.18. The Kier molecular flexibility index (Phi) is 5.85. The summed E-state index contributed by atoms with van der Waals surface area (Å²) in [7, 11) is 3.70. The van der Waals surface area contributed by atoms with Crippen LogP contribution in [0.3, 0.4) is 0 Å². The van der Waals surface area contributed by atoms with E-state index in [1.807, 2.05) is 11.9 Å². The van der Waals surface area contributed by atoms with Gasteiger partial charge in [-0.3, -0.25) is 4.90 Å². The van der Waals surface area contributed by atoms with Crippen LogP contribution in [-0.2, 0) is 6.42 Å². The van der Waals surface area contributed by atoms with E-state index in [0.717, 1.165) is 18.7 Å². The van der Waals surface area contributed by atoms with Crippen molar-refractivity contribution in [2.45, 2.75) is 33.1 Å². The highest BCUT2D eigenvalue weighted by molar-refractivity contribution is 5.44. The topological polar surface area (TPSA) is 36.3 Å². The molecule has 0 bridgehead atoms. The van der Waals surface area contributed by atoms with E-state index in [4.69, 9.17) is 10.00 Å². The van der Waals surface area contributed by atoms with Gasteiger partial charge >= 0.3 is 0 Å². The number of ether oxygens (including phenoxy) is 1. The van der Waals surface area contributed by atoms with Crippen LogP contribution in [-0.4, -0.2) is 32.1 Å². The van der Waals surface area contributed by atoms with Crippen LogP contribution < -0.4 is 4.74 Å². The van der Waals surface area contributed by atoms with Crippen LogP contribution in [0.1, 0.15) is 36.5 Å². The Balaban J connectivity index is 2.90. The predicted octanol–water partition coefficient (Wildman–Crippen LogP) is 3.12. The van der Waals surface area contributed by atoms with Crippen LogP contribution >= 0.6 is 0 Å². The van der Waals surface area contributed by atoms with Gasteiger partial charge in [0.2, 0.25) is 0 Å². The molecule has 3 heteroatoms. The van der Waals surface area contributed by atoms with Crippen molar-refractivity contribution in [2.75, 3.05) is 27.2 Å². The molecule has 0 heterocycles. The summed E-state index contributed by atoms with van der Waals surface area (Å²) < 4.78 is 5.45. The normalized spacial score (nSPS) is 10.8. The molecule has 0 aliphatic carbocycles. The van der Waals surface area contributed by atoms with Gasteiger partial charge in [-0.2, -0.15) is 5.26 Å². The smallest absolute Gasteiger partial charge is 0.122 e. The number of aryl methyl sites for hydroxylation is 1. The summed E-state index contributed by atoms with van der Waals surface area (Å²) in [5, 5.41) is 8.67. The van der Waals surface area contributed by atoms with Gasteiger partial charge in [0.25, 0.3) is 0 Å². The predicted molar refractivity (Wildman–Crippen MR) is 78.6 cm³/mol. The van der Waals surface area contributed by atoms with Gasteiger partial charge in [0.05, 0.1) is 19.7 Å². The van der Waals surface area contributed by atoms with Gasteiger partial charge in [0, 0.05) is 6.54 Å². The van der Waals surface area contributed by atoms with Crippen molar-refractivity contribution in [1.82, 2.24) is 4.90 Å². The Morgan fingerprint density at radius 3 is 2.58 bits per heavy atom. The standard InChI is InChI=1S/C16H24N2O/c1-12(2)15-11-14(6-8-18(4)9-7-17)13(3)10-16(15)19-5/h10-12H,6,8-9H2,1-5H3. The molecule has 0 atom stereocenters. The van der Waals surface area contributed by atoms with Crippen molar-refractivity contribution in [2.24, 2.45) is 0 Å². The lowest BCUT2D eigenvalue weighted by molar-refractivity contribution is 0.378. The molecular formula is C16H24N2O. The summed E-state index contributed by atoms with van der Waals surface area (Å²) in [5.74, 6) is 1.42. The van der Waals surface area contributed by atoms with Crippen molar-refractivity contribution in [3.05, 3.63) is 28.8 Å². The number of nitrogens with zero attached hydrogens (tertiary/aromatic N) is 2. The molecular weight excluding hydrogens is 236 g/mol. The number of likely N-dealkylation sites (N-methyl/N-ethyl adjacent to an activating group) is 1. The molecule has 1 rings (SSSR count). The third kappa shape index (κ3) is 4.25. The SMILES string of the molecule is COc1cc(C)c(CCN(C)CC#N)cc1C(C)C. The molecule has 19 heavy (non-hydrogen) atoms. The van der Waals surface area contributed by atoms with Gasteiger partial charge in [-0.25, -0.2) is 0 Å². The number of rotatable bonds is 6. The van der Waals surface area contributed by atoms with Gasteiger partial charge in [-0.05, 0) is 49.1 Å². The maximum absolute atomic E-state index is 8.67. The fraction of sp³-hybridized carbons (Fsp3) is 0.562. The third-order valence-corrected chi connectivity index (χ3v) is 3.41. The summed E-state index contributed by atoms with van der Waals surface area (Å²) in [5.41, 5.74) is 3.85. The summed E-state index contributed by atoms with van der Waals surface area (Å²) in [4.78, 5) is 2.04. The zero-order valence-corrected chi connectivity index (χ0v) is 12.7. The van der Waals surface area contributed by atoms with Gasteiger partial charge in [0.15, 0.2) is 0 Å². The quantitative estimate of drug-likeness (QED) is 0.737. The minimum atomic E-state index is 0.450. The van der Waals surface area contributed by atoms with Gasteiger partial charge in [-0.1, -0.05) is 19.9 Å². The highest BCUT2D eigenvalue weighted by atomic mass is 16.5. The average Bonchev–Trinajstić information content (AvgIpc) is 2.36. The van der Waals surface area contributed by atoms with Crippen LogP contribution in [0.15, 0.2) is 12.1 Å². The second kappa shape index (κ2) is 7.16. The fourth-order valence-electron chi connectivity index (χ4n) is 2.15. The van der Waals surface area contributed by atoms with Crippen molar-refractivity contribution in [3.63, 3.8) is 0 Å². The zero-order valence-electron chi connectivity index (χ0n) is 12.7. The molecule has 0 amide bonds. The molecule has 0 unspecified atom stereocenters. The largest absolute Gasteiger partial charge is 0.496 e. The Morgan fingerprint density at radius 1 is 1.37 bits per heavy atom. The van der Waals surface area contributed by atoms with Crippen molar-refractivity contribution in [1.29, 1.82) is 5.26 Å². The number of hydrogen-bond acceptors (Lipinski definition) is 3. The van der Waals surface area contributed by atoms with E-state index in [1.54, 1.807) is 7.11 Å². The molecule has 1 aromatic rings. The Labute approximate surface area is 116 Å².